The molecule has 0 aliphatic carbocycles. The molecule has 0 bridgehead atoms. The Morgan fingerprint density at radius 3 is 2.81 bits per heavy atom. The maximum absolute atomic E-state index is 5.26. The number of thioether (sulfide) groups is 1. The van der Waals surface area contributed by atoms with Crippen molar-refractivity contribution in [3.05, 3.63) is 29.8 Å². The number of hydrogen-bond donors (Lipinski definition) is 1. The van der Waals surface area contributed by atoms with Gasteiger partial charge in [-0.05, 0) is 30.4 Å². The van der Waals surface area contributed by atoms with Crippen molar-refractivity contribution in [1.29, 1.82) is 0 Å². The van der Waals surface area contributed by atoms with Gasteiger partial charge >= 0.3 is 0 Å². The van der Waals surface area contributed by atoms with Crippen molar-refractivity contribution in [1.82, 2.24) is 4.98 Å². The molecule has 1 aromatic carbocycles. The third kappa shape index (κ3) is 4.27. The van der Waals surface area contributed by atoms with Crippen LogP contribution in [0.3, 0.4) is 0 Å². The van der Waals surface area contributed by atoms with Crippen LogP contribution in [-0.2, 0) is 5.75 Å². The molecule has 0 radical (unpaired) electrons. The molecular weight excluding hydrogens is 280 g/mol. The fourth-order valence-electron chi connectivity index (χ4n) is 2.28. The molecule has 0 unspecified atom stereocenters. The van der Waals surface area contributed by atoms with Gasteiger partial charge in [0, 0.05) is 29.8 Å². The normalized spacial score (nSPS) is 10.8. The zero-order valence-electron chi connectivity index (χ0n) is 13.1. The number of nitrogens with zero attached hydrogens (tertiary/aromatic N) is 1. The van der Waals surface area contributed by atoms with Crippen molar-refractivity contribution in [2.45, 2.75) is 31.9 Å². The average Bonchev–Trinajstić information content (AvgIpc) is 2.53. The fourth-order valence-corrected chi connectivity index (χ4v) is 3.27. The maximum Gasteiger partial charge on any atom is 0.130 e. The first-order chi connectivity index (χ1) is 10.3. The summed E-state index contributed by atoms with van der Waals surface area (Å²) >= 11 is 1.99. The minimum Gasteiger partial charge on any atom is -0.497 e. The van der Waals surface area contributed by atoms with E-state index in [0.29, 0.717) is 0 Å². The lowest BCUT2D eigenvalue weighted by Crippen LogP contribution is -1.99. The first kappa shape index (κ1) is 16.0. The molecule has 0 aliphatic rings. The summed E-state index contributed by atoms with van der Waals surface area (Å²) in [7, 11) is 3.61. The monoisotopic (exact) mass is 304 g/mol. The Morgan fingerprint density at radius 1 is 1.24 bits per heavy atom. The van der Waals surface area contributed by atoms with Crippen LogP contribution in [0.15, 0.2) is 24.3 Å². The molecule has 0 aliphatic heterocycles. The molecule has 114 valence electrons. The van der Waals surface area contributed by atoms with Crippen molar-refractivity contribution in [2.24, 2.45) is 0 Å². The van der Waals surface area contributed by atoms with Crippen molar-refractivity contribution < 1.29 is 4.74 Å². The van der Waals surface area contributed by atoms with Gasteiger partial charge in [-0.25, -0.2) is 4.98 Å². The fraction of sp³-hybridized carbons (Fsp3) is 0.471. The molecule has 2 rings (SSSR count). The van der Waals surface area contributed by atoms with E-state index in [1.165, 1.54) is 36.0 Å². The number of methoxy groups -OCH3 is 1. The lowest BCUT2D eigenvalue weighted by Gasteiger charge is -2.11. The Hall–Kier alpha value is -1.42. The summed E-state index contributed by atoms with van der Waals surface area (Å²) in [4.78, 5) is 4.71. The lowest BCUT2D eigenvalue weighted by molar-refractivity contribution is 0.415. The quantitative estimate of drug-likeness (QED) is 0.716. The second-order valence-corrected chi connectivity index (χ2v) is 6.17. The molecule has 0 spiro atoms. The van der Waals surface area contributed by atoms with Crippen LogP contribution < -0.4 is 10.1 Å². The van der Waals surface area contributed by atoms with Crippen LogP contribution in [0.2, 0.25) is 0 Å². The molecular formula is C17H24N2OS. The summed E-state index contributed by atoms with van der Waals surface area (Å²) in [6.45, 7) is 2.24. The molecule has 2 aromatic rings. The van der Waals surface area contributed by atoms with Gasteiger partial charge in [-0.1, -0.05) is 19.8 Å². The number of ether oxygens (including phenoxy) is 1. The summed E-state index contributed by atoms with van der Waals surface area (Å²) < 4.78 is 5.26. The molecule has 4 heteroatoms. The van der Waals surface area contributed by atoms with Crippen LogP contribution in [-0.4, -0.2) is 24.9 Å². The van der Waals surface area contributed by atoms with E-state index in [1.54, 1.807) is 7.11 Å². The SMILES string of the molecule is CCCCCSCc1cc2ccc(OC)cc2nc1NC. The Morgan fingerprint density at radius 2 is 2.10 bits per heavy atom. The van der Waals surface area contributed by atoms with Gasteiger partial charge in [0.25, 0.3) is 0 Å². The predicted octanol–water partition coefficient (Wildman–Crippen LogP) is 4.71. The number of rotatable bonds is 8. The molecule has 0 saturated heterocycles. The number of unbranched alkanes of at least 4 members (excludes halogenated alkanes) is 2. The van der Waals surface area contributed by atoms with Crippen LogP contribution in [0, 0.1) is 0 Å². The Balaban J connectivity index is 2.14. The Kier molecular flexibility index (Phi) is 6.18. The minimum absolute atomic E-state index is 0.846. The molecule has 0 atom stereocenters. The van der Waals surface area contributed by atoms with E-state index in [9.17, 15) is 0 Å². The van der Waals surface area contributed by atoms with Crippen LogP contribution in [0.1, 0.15) is 31.7 Å². The van der Waals surface area contributed by atoms with E-state index in [1.807, 2.05) is 30.9 Å². The van der Waals surface area contributed by atoms with Crippen molar-refractivity contribution in [3.63, 3.8) is 0 Å². The van der Waals surface area contributed by atoms with Crippen LogP contribution in [0.25, 0.3) is 10.9 Å². The second kappa shape index (κ2) is 8.13. The number of aromatic nitrogens is 1. The summed E-state index contributed by atoms with van der Waals surface area (Å²) in [5.74, 6) is 4.05. The number of fused-ring (bicyclic) bond motifs is 1. The molecule has 0 saturated carbocycles. The van der Waals surface area contributed by atoms with E-state index in [4.69, 9.17) is 9.72 Å². The second-order valence-electron chi connectivity index (χ2n) is 5.06. The zero-order valence-corrected chi connectivity index (χ0v) is 13.9. The van der Waals surface area contributed by atoms with Gasteiger partial charge in [0.15, 0.2) is 0 Å². The van der Waals surface area contributed by atoms with Gasteiger partial charge in [0.1, 0.15) is 11.6 Å². The van der Waals surface area contributed by atoms with Crippen LogP contribution in [0.4, 0.5) is 5.82 Å². The average molecular weight is 304 g/mol. The summed E-state index contributed by atoms with van der Waals surface area (Å²) in [6, 6.07) is 8.28. The molecule has 21 heavy (non-hydrogen) atoms. The Labute approximate surface area is 131 Å². The largest absolute Gasteiger partial charge is 0.497 e. The summed E-state index contributed by atoms with van der Waals surface area (Å²) in [6.07, 6.45) is 3.90. The molecule has 0 amide bonds. The summed E-state index contributed by atoms with van der Waals surface area (Å²) in [5.41, 5.74) is 2.25. The molecule has 0 fully saturated rings. The van der Waals surface area contributed by atoms with Gasteiger partial charge < -0.3 is 10.1 Å². The smallest absolute Gasteiger partial charge is 0.130 e. The standard InChI is InChI=1S/C17H24N2OS/c1-4-5-6-9-21-12-14-10-13-7-8-15(20-3)11-16(13)19-17(14)18-2/h7-8,10-11H,4-6,9,12H2,1-3H3,(H,18,19). The van der Waals surface area contributed by atoms with Crippen molar-refractivity contribution in [3.8, 4) is 5.75 Å². The number of benzene rings is 1. The first-order valence-electron chi connectivity index (χ1n) is 7.51. The number of anilines is 1. The number of hydrogen-bond acceptors (Lipinski definition) is 4. The van der Waals surface area contributed by atoms with E-state index in [0.717, 1.165) is 22.8 Å². The third-order valence-corrected chi connectivity index (χ3v) is 4.58. The highest BCUT2D eigenvalue weighted by molar-refractivity contribution is 7.98. The predicted molar refractivity (Wildman–Crippen MR) is 93.5 cm³/mol. The topological polar surface area (TPSA) is 34.1 Å². The lowest BCUT2D eigenvalue weighted by atomic mass is 10.1. The van der Waals surface area contributed by atoms with Crippen LogP contribution >= 0.6 is 11.8 Å². The van der Waals surface area contributed by atoms with E-state index in [-0.39, 0.29) is 0 Å². The van der Waals surface area contributed by atoms with Gasteiger partial charge in [0.05, 0.1) is 12.6 Å². The van der Waals surface area contributed by atoms with E-state index in [2.05, 4.69) is 24.4 Å². The van der Waals surface area contributed by atoms with E-state index < -0.39 is 0 Å². The Bertz CT molecular complexity index is 586. The van der Waals surface area contributed by atoms with Crippen molar-refractivity contribution in [2.75, 3.05) is 25.2 Å². The molecule has 1 heterocycles. The van der Waals surface area contributed by atoms with E-state index >= 15 is 0 Å². The van der Waals surface area contributed by atoms with Gasteiger partial charge in [-0.15, -0.1) is 0 Å². The highest BCUT2D eigenvalue weighted by atomic mass is 32.2. The van der Waals surface area contributed by atoms with Gasteiger partial charge in [-0.3, -0.25) is 0 Å². The number of pyridine rings is 1. The molecule has 1 aromatic heterocycles. The van der Waals surface area contributed by atoms with Gasteiger partial charge in [0.2, 0.25) is 0 Å². The molecule has 1 N–H and O–H groups in total. The minimum atomic E-state index is 0.846. The highest BCUT2D eigenvalue weighted by Gasteiger charge is 2.07. The highest BCUT2D eigenvalue weighted by Crippen LogP contribution is 2.27. The summed E-state index contributed by atoms with van der Waals surface area (Å²) in [5, 5.41) is 4.38. The van der Waals surface area contributed by atoms with Crippen LogP contribution in [0.5, 0.6) is 5.75 Å². The third-order valence-electron chi connectivity index (χ3n) is 3.49. The molecule has 3 nitrogen and oxygen atoms in total. The zero-order chi connectivity index (χ0) is 15.1. The van der Waals surface area contributed by atoms with Crippen molar-refractivity contribution >= 4 is 28.5 Å². The number of nitrogens with one attached hydrogen (secondary N) is 1. The van der Waals surface area contributed by atoms with Gasteiger partial charge in [-0.2, -0.15) is 11.8 Å². The maximum atomic E-state index is 5.26. The first-order valence-corrected chi connectivity index (χ1v) is 8.67.